The number of rotatable bonds is 7. The lowest BCUT2D eigenvalue weighted by atomic mass is 10.1. The molecule has 2 aromatic carbocycles. The standard InChI is InChI=1S/C18H20Cl2N2O3S/c1-3-22(26(24,25)17-10-15(19)8-9-16(17)20)12-18(23)21-11-14-6-4-13(2)5-7-14/h4-10H,3,11-12H2,1-2H3,(H,21,23). The number of carbonyl (C=O) groups is 1. The van der Waals surface area contributed by atoms with Crippen LogP contribution in [0.2, 0.25) is 10.0 Å². The summed E-state index contributed by atoms with van der Waals surface area (Å²) in [6, 6.07) is 11.9. The summed E-state index contributed by atoms with van der Waals surface area (Å²) in [5.74, 6) is -0.394. The first-order valence-electron chi connectivity index (χ1n) is 8.01. The van der Waals surface area contributed by atoms with E-state index in [4.69, 9.17) is 23.2 Å². The summed E-state index contributed by atoms with van der Waals surface area (Å²) in [4.78, 5) is 12.1. The van der Waals surface area contributed by atoms with Gasteiger partial charge in [0.1, 0.15) is 4.90 Å². The second-order valence-corrected chi connectivity index (χ2v) is 8.52. The summed E-state index contributed by atoms with van der Waals surface area (Å²) in [7, 11) is -3.93. The van der Waals surface area contributed by atoms with E-state index in [1.165, 1.54) is 18.2 Å². The quantitative estimate of drug-likeness (QED) is 0.751. The van der Waals surface area contributed by atoms with E-state index in [-0.39, 0.29) is 28.0 Å². The van der Waals surface area contributed by atoms with Crippen LogP contribution in [0.3, 0.4) is 0 Å². The maximum atomic E-state index is 12.8. The molecule has 26 heavy (non-hydrogen) atoms. The van der Waals surface area contributed by atoms with Gasteiger partial charge in [-0.1, -0.05) is 60.0 Å². The smallest absolute Gasteiger partial charge is 0.245 e. The highest BCUT2D eigenvalue weighted by atomic mass is 35.5. The highest BCUT2D eigenvalue weighted by Crippen LogP contribution is 2.27. The van der Waals surface area contributed by atoms with Crippen molar-refractivity contribution in [2.24, 2.45) is 0 Å². The SMILES string of the molecule is CCN(CC(=O)NCc1ccc(C)cc1)S(=O)(=O)c1cc(Cl)ccc1Cl. The van der Waals surface area contributed by atoms with Crippen molar-refractivity contribution in [2.75, 3.05) is 13.1 Å². The summed E-state index contributed by atoms with van der Waals surface area (Å²) in [5.41, 5.74) is 2.06. The van der Waals surface area contributed by atoms with E-state index in [0.29, 0.717) is 6.54 Å². The Kier molecular flexibility index (Phi) is 7.06. The number of halogens is 2. The topological polar surface area (TPSA) is 66.5 Å². The molecule has 0 saturated carbocycles. The molecule has 0 fully saturated rings. The van der Waals surface area contributed by atoms with Crippen molar-refractivity contribution >= 4 is 39.1 Å². The summed E-state index contributed by atoms with van der Waals surface area (Å²) >= 11 is 11.9. The number of amides is 1. The molecule has 0 bridgehead atoms. The van der Waals surface area contributed by atoms with Gasteiger partial charge in [-0.05, 0) is 30.7 Å². The second-order valence-electron chi connectivity index (χ2n) is 5.77. The van der Waals surface area contributed by atoms with Crippen LogP contribution in [0.5, 0.6) is 0 Å². The molecule has 0 radical (unpaired) electrons. The molecule has 140 valence electrons. The number of hydrogen-bond acceptors (Lipinski definition) is 3. The second kappa shape index (κ2) is 8.86. The van der Waals surface area contributed by atoms with Crippen molar-refractivity contribution in [1.82, 2.24) is 9.62 Å². The fourth-order valence-corrected chi connectivity index (χ4v) is 4.45. The maximum Gasteiger partial charge on any atom is 0.245 e. The molecule has 0 atom stereocenters. The van der Waals surface area contributed by atoms with Crippen LogP contribution in [0.15, 0.2) is 47.4 Å². The van der Waals surface area contributed by atoms with Crippen LogP contribution in [0.25, 0.3) is 0 Å². The number of nitrogens with one attached hydrogen (secondary N) is 1. The lowest BCUT2D eigenvalue weighted by Crippen LogP contribution is -2.40. The van der Waals surface area contributed by atoms with E-state index in [1.807, 2.05) is 31.2 Å². The van der Waals surface area contributed by atoms with E-state index in [2.05, 4.69) is 5.32 Å². The fraction of sp³-hybridized carbons (Fsp3) is 0.278. The van der Waals surface area contributed by atoms with Crippen molar-refractivity contribution in [3.05, 3.63) is 63.6 Å². The average molecular weight is 415 g/mol. The van der Waals surface area contributed by atoms with Crippen molar-refractivity contribution in [3.63, 3.8) is 0 Å². The van der Waals surface area contributed by atoms with Crippen LogP contribution in [0.1, 0.15) is 18.1 Å². The predicted octanol–water partition coefficient (Wildman–Crippen LogP) is 3.63. The lowest BCUT2D eigenvalue weighted by Gasteiger charge is -2.21. The van der Waals surface area contributed by atoms with Gasteiger partial charge in [-0.2, -0.15) is 4.31 Å². The molecule has 0 aliphatic carbocycles. The molecule has 0 saturated heterocycles. The number of carbonyl (C=O) groups excluding carboxylic acids is 1. The highest BCUT2D eigenvalue weighted by Gasteiger charge is 2.27. The lowest BCUT2D eigenvalue weighted by molar-refractivity contribution is -0.121. The largest absolute Gasteiger partial charge is 0.351 e. The molecular weight excluding hydrogens is 395 g/mol. The van der Waals surface area contributed by atoms with Gasteiger partial charge in [-0.25, -0.2) is 8.42 Å². The molecule has 0 heterocycles. The molecule has 8 heteroatoms. The van der Waals surface area contributed by atoms with Crippen LogP contribution in [-0.4, -0.2) is 31.7 Å². The number of sulfonamides is 1. The van der Waals surface area contributed by atoms with Crippen molar-refractivity contribution in [1.29, 1.82) is 0 Å². The molecule has 0 unspecified atom stereocenters. The molecule has 0 aliphatic heterocycles. The van der Waals surface area contributed by atoms with Gasteiger partial charge in [0.05, 0.1) is 11.6 Å². The van der Waals surface area contributed by atoms with Gasteiger partial charge in [-0.15, -0.1) is 0 Å². The van der Waals surface area contributed by atoms with Crippen LogP contribution < -0.4 is 5.32 Å². The molecule has 2 rings (SSSR count). The molecule has 1 N–H and O–H groups in total. The minimum atomic E-state index is -3.93. The van der Waals surface area contributed by atoms with Crippen LogP contribution in [0, 0.1) is 6.92 Å². The molecule has 1 amide bonds. The third kappa shape index (κ3) is 5.20. The minimum Gasteiger partial charge on any atom is -0.351 e. The average Bonchev–Trinajstić information content (AvgIpc) is 2.61. The van der Waals surface area contributed by atoms with Gasteiger partial charge in [0.25, 0.3) is 0 Å². The predicted molar refractivity (Wildman–Crippen MR) is 104 cm³/mol. The third-order valence-corrected chi connectivity index (χ3v) is 6.43. The molecular formula is C18H20Cl2N2O3S. The van der Waals surface area contributed by atoms with Crippen molar-refractivity contribution in [2.45, 2.75) is 25.3 Å². The Balaban J connectivity index is 2.08. The normalized spacial score (nSPS) is 11.6. The summed E-state index contributed by atoms with van der Waals surface area (Å²) in [6.45, 7) is 3.79. The fourth-order valence-electron chi connectivity index (χ4n) is 2.30. The summed E-state index contributed by atoms with van der Waals surface area (Å²) in [6.07, 6.45) is 0. The first-order chi connectivity index (χ1) is 12.2. The van der Waals surface area contributed by atoms with Gasteiger partial charge >= 0.3 is 0 Å². The monoisotopic (exact) mass is 414 g/mol. The van der Waals surface area contributed by atoms with E-state index in [9.17, 15) is 13.2 Å². The van der Waals surface area contributed by atoms with Crippen LogP contribution >= 0.6 is 23.2 Å². The molecule has 5 nitrogen and oxygen atoms in total. The molecule has 0 aromatic heterocycles. The Morgan fingerprint density at radius 3 is 2.38 bits per heavy atom. The van der Waals surface area contributed by atoms with E-state index < -0.39 is 15.9 Å². The summed E-state index contributed by atoms with van der Waals surface area (Å²) in [5, 5.41) is 3.05. The molecule has 0 aliphatic rings. The number of likely N-dealkylation sites (N-methyl/N-ethyl adjacent to an activating group) is 1. The first kappa shape index (κ1) is 20.7. The van der Waals surface area contributed by atoms with Crippen LogP contribution in [-0.2, 0) is 21.4 Å². The zero-order valence-electron chi connectivity index (χ0n) is 14.5. The van der Waals surface area contributed by atoms with Gasteiger partial charge in [0, 0.05) is 18.1 Å². The van der Waals surface area contributed by atoms with Gasteiger partial charge in [0.2, 0.25) is 15.9 Å². The highest BCUT2D eigenvalue weighted by molar-refractivity contribution is 7.89. The molecule has 0 spiro atoms. The van der Waals surface area contributed by atoms with E-state index in [0.717, 1.165) is 15.4 Å². The third-order valence-electron chi connectivity index (χ3n) is 3.79. The van der Waals surface area contributed by atoms with Crippen LogP contribution in [0.4, 0.5) is 0 Å². The zero-order chi connectivity index (χ0) is 19.3. The zero-order valence-corrected chi connectivity index (χ0v) is 16.8. The number of hydrogen-bond donors (Lipinski definition) is 1. The Hall–Kier alpha value is -1.60. The number of nitrogens with zero attached hydrogens (tertiary/aromatic N) is 1. The number of benzene rings is 2. The van der Waals surface area contributed by atoms with Gasteiger partial charge in [0.15, 0.2) is 0 Å². The Bertz CT molecular complexity index is 884. The van der Waals surface area contributed by atoms with E-state index in [1.54, 1.807) is 6.92 Å². The first-order valence-corrected chi connectivity index (χ1v) is 10.2. The van der Waals surface area contributed by atoms with Gasteiger partial charge < -0.3 is 5.32 Å². The maximum absolute atomic E-state index is 12.8. The Labute approximate surface area is 164 Å². The van der Waals surface area contributed by atoms with Gasteiger partial charge in [-0.3, -0.25) is 4.79 Å². The number of aryl methyl sites for hydroxylation is 1. The van der Waals surface area contributed by atoms with Crippen molar-refractivity contribution < 1.29 is 13.2 Å². The Morgan fingerprint density at radius 2 is 1.77 bits per heavy atom. The van der Waals surface area contributed by atoms with E-state index >= 15 is 0 Å². The Morgan fingerprint density at radius 1 is 1.12 bits per heavy atom. The minimum absolute atomic E-state index is 0.0629. The molecule has 2 aromatic rings. The summed E-state index contributed by atoms with van der Waals surface area (Å²) < 4.78 is 26.6. The van der Waals surface area contributed by atoms with Crippen molar-refractivity contribution in [3.8, 4) is 0 Å².